The van der Waals surface area contributed by atoms with E-state index in [0.717, 1.165) is 16.9 Å². The number of amides is 1. The van der Waals surface area contributed by atoms with Crippen LogP contribution in [0.15, 0.2) is 66.7 Å². The second kappa shape index (κ2) is 10.3. The lowest BCUT2D eigenvalue weighted by atomic mass is 10.1. The number of carbonyl (C=O) groups is 2. The van der Waals surface area contributed by atoms with E-state index in [1.54, 1.807) is 42.5 Å². The molecule has 0 fully saturated rings. The van der Waals surface area contributed by atoms with E-state index >= 15 is 0 Å². The number of ether oxygens (including phenoxy) is 3. The minimum atomic E-state index is -0.428. The van der Waals surface area contributed by atoms with E-state index in [9.17, 15) is 9.59 Å². The van der Waals surface area contributed by atoms with Gasteiger partial charge in [0.15, 0.2) is 0 Å². The third-order valence-electron chi connectivity index (χ3n) is 4.60. The monoisotopic (exact) mass is 419 g/mol. The van der Waals surface area contributed by atoms with E-state index in [4.69, 9.17) is 9.47 Å². The predicted octanol–water partition coefficient (Wildman–Crippen LogP) is 5.01. The molecule has 0 radical (unpaired) electrons. The molecule has 0 aliphatic rings. The fourth-order valence-electron chi connectivity index (χ4n) is 2.94. The van der Waals surface area contributed by atoms with Crippen molar-refractivity contribution in [1.29, 1.82) is 0 Å². The van der Waals surface area contributed by atoms with E-state index in [-0.39, 0.29) is 12.5 Å². The van der Waals surface area contributed by atoms with Crippen LogP contribution in [0.4, 0.5) is 5.69 Å². The first-order chi connectivity index (χ1) is 15.0. The molecule has 6 heteroatoms. The second-order valence-corrected chi connectivity index (χ2v) is 6.88. The number of aryl methyl sites for hydroxylation is 1. The summed E-state index contributed by atoms with van der Waals surface area (Å²) in [4.78, 5) is 24.3. The Hall–Kier alpha value is -3.80. The molecular weight excluding hydrogens is 394 g/mol. The number of rotatable bonds is 8. The van der Waals surface area contributed by atoms with Crippen molar-refractivity contribution < 1.29 is 23.8 Å². The summed E-state index contributed by atoms with van der Waals surface area (Å²) in [6, 6.07) is 19.5. The van der Waals surface area contributed by atoms with Crippen molar-refractivity contribution >= 4 is 17.6 Å². The normalized spacial score (nSPS) is 10.3. The summed E-state index contributed by atoms with van der Waals surface area (Å²) in [5.74, 6) is 0.718. The number of methoxy groups -OCH3 is 1. The fraction of sp³-hybridized carbons (Fsp3) is 0.200. The highest BCUT2D eigenvalue weighted by Crippen LogP contribution is 2.24. The number of nitrogens with one attached hydrogen (secondary N) is 1. The molecule has 160 valence electrons. The van der Waals surface area contributed by atoms with E-state index in [1.807, 2.05) is 38.1 Å². The molecule has 3 rings (SSSR count). The van der Waals surface area contributed by atoms with Gasteiger partial charge in [-0.05, 0) is 68.4 Å². The van der Waals surface area contributed by atoms with Gasteiger partial charge in [-0.2, -0.15) is 0 Å². The highest BCUT2D eigenvalue weighted by molar-refractivity contribution is 6.04. The largest absolute Gasteiger partial charge is 0.493 e. The molecule has 0 aliphatic carbocycles. The second-order valence-electron chi connectivity index (χ2n) is 6.88. The van der Waals surface area contributed by atoms with Crippen LogP contribution >= 0.6 is 0 Å². The van der Waals surface area contributed by atoms with E-state index in [0.29, 0.717) is 29.2 Å². The number of esters is 1. The summed E-state index contributed by atoms with van der Waals surface area (Å²) >= 11 is 0. The molecule has 0 atom stereocenters. The Morgan fingerprint density at radius 1 is 0.871 bits per heavy atom. The van der Waals surface area contributed by atoms with Gasteiger partial charge in [-0.1, -0.05) is 17.7 Å². The molecular formula is C25H25NO5. The van der Waals surface area contributed by atoms with Gasteiger partial charge in [0.25, 0.3) is 5.91 Å². The SMILES string of the molecule is CCOc1ccc(C(=O)Nc2ccc(C(=O)OC)cc2)cc1COc1ccc(C)cc1. The third kappa shape index (κ3) is 5.85. The quantitative estimate of drug-likeness (QED) is 0.520. The van der Waals surface area contributed by atoms with Gasteiger partial charge >= 0.3 is 5.97 Å². The highest BCUT2D eigenvalue weighted by atomic mass is 16.5. The average molecular weight is 419 g/mol. The summed E-state index contributed by atoms with van der Waals surface area (Å²) in [5, 5.41) is 2.83. The van der Waals surface area contributed by atoms with Gasteiger partial charge in [-0.25, -0.2) is 4.79 Å². The number of hydrogen-bond acceptors (Lipinski definition) is 5. The van der Waals surface area contributed by atoms with Crippen LogP contribution in [-0.4, -0.2) is 25.6 Å². The zero-order chi connectivity index (χ0) is 22.2. The molecule has 0 aromatic heterocycles. The standard InChI is InChI=1S/C25H25NO5/c1-4-30-23-14-9-19(15-20(23)16-31-22-12-5-17(2)6-13-22)24(27)26-21-10-7-18(8-11-21)25(28)29-3/h5-15H,4,16H2,1-3H3,(H,26,27). The minimum Gasteiger partial charge on any atom is -0.493 e. The van der Waals surface area contributed by atoms with Crippen molar-refractivity contribution in [2.24, 2.45) is 0 Å². The van der Waals surface area contributed by atoms with Crippen molar-refractivity contribution in [2.75, 3.05) is 19.0 Å². The summed E-state index contributed by atoms with van der Waals surface area (Å²) in [6.45, 7) is 4.70. The van der Waals surface area contributed by atoms with Crippen LogP contribution in [0.1, 0.15) is 38.8 Å². The van der Waals surface area contributed by atoms with Gasteiger partial charge in [0.05, 0.1) is 19.3 Å². The van der Waals surface area contributed by atoms with E-state index in [2.05, 4.69) is 10.1 Å². The molecule has 0 heterocycles. The van der Waals surface area contributed by atoms with Crippen LogP contribution in [0, 0.1) is 6.92 Å². The summed E-state index contributed by atoms with van der Waals surface area (Å²) in [5.41, 5.74) is 3.39. The third-order valence-corrected chi connectivity index (χ3v) is 4.60. The predicted molar refractivity (Wildman–Crippen MR) is 119 cm³/mol. The molecule has 0 saturated carbocycles. The maximum atomic E-state index is 12.7. The van der Waals surface area contributed by atoms with Crippen molar-refractivity contribution in [3.63, 3.8) is 0 Å². The van der Waals surface area contributed by atoms with Gasteiger partial charge in [-0.3, -0.25) is 4.79 Å². The Labute approximate surface area is 181 Å². The maximum Gasteiger partial charge on any atom is 0.337 e. The molecule has 0 bridgehead atoms. The smallest absolute Gasteiger partial charge is 0.337 e. The summed E-state index contributed by atoms with van der Waals surface area (Å²) in [7, 11) is 1.32. The Balaban J connectivity index is 1.74. The number of hydrogen-bond donors (Lipinski definition) is 1. The molecule has 0 unspecified atom stereocenters. The summed E-state index contributed by atoms with van der Waals surface area (Å²) in [6.07, 6.45) is 0. The fourth-order valence-corrected chi connectivity index (χ4v) is 2.94. The summed E-state index contributed by atoms with van der Waals surface area (Å²) < 4.78 is 16.2. The Morgan fingerprint density at radius 2 is 1.55 bits per heavy atom. The van der Waals surface area contributed by atoms with Crippen molar-refractivity contribution in [3.05, 3.63) is 89.0 Å². The topological polar surface area (TPSA) is 73.9 Å². The first-order valence-electron chi connectivity index (χ1n) is 9.95. The zero-order valence-electron chi connectivity index (χ0n) is 17.8. The van der Waals surface area contributed by atoms with Gasteiger partial charge < -0.3 is 19.5 Å². The van der Waals surface area contributed by atoms with Crippen LogP contribution in [0.5, 0.6) is 11.5 Å². The van der Waals surface area contributed by atoms with Crippen LogP contribution < -0.4 is 14.8 Å². The molecule has 6 nitrogen and oxygen atoms in total. The Bertz CT molecular complexity index is 1040. The van der Waals surface area contributed by atoms with E-state index < -0.39 is 5.97 Å². The average Bonchev–Trinajstić information content (AvgIpc) is 2.79. The molecule has 1 N–H and O–H groups in total. The molecule has 3 aromatic rings. The molecule has 1 amide bonds. The zero-order valence-corrected chi connectivity index (χ0v) is 17.8. The van der Waals surface area contributed by atoms with Crippen LogP contribution in [0.3, 0.4) is 0 Å². The lowest BCUT2D eigenvalue weighted by Gasteiger charge is -2.14. The number of anilines is 1. The minimum absolute atomic E-state index is 0.271. The van der Waals surface area contributed by atoms with Crippen LogP contribution in [0.2, 0.25) is 0 Å². The molecule has 0 spiro atoms. The number of carbonyl (C=O) groups excluding carboxylic acids is 2. The van der Waals surface area contributed by atoms with E-state index in [1.165, 1.54) is 7.11 Å². The van der Waals surface area contributed by atoms with Crippen molar-refractivity contribution in [1.82, 2.24) is 0 Å². The Kier molecular flexibility index (Phi) is 7.27. The first-order valence-corrected chi connectivity index (χ1v) is 9.95. The van der Waals surface area contributed by atoms with Gasteiger partial charge in [0.2, 0.25) is 0 Å². The van der Waals surface area contributed by atoms with Gasteiger partial charge in [0.1, 0.15) is 18.1 Å². The van der Waals surface area contributed by atoms with Crippen LogP contribution in [-0.2, 0) is 11.3 Å². The maximum absolute atomic E-state index is 12.7. The molecule has 0 aliphatic heterocycles. The Morgan fingerprint density at radius 3 is 2.19 bits per heavy atom. The van der Waals surface area contributed by atoms with Gasteiger partial charge in [-0.15, -0.1) is 0 Å². The highest BCUT2D eigenvalue weighted by Gasteiger charge is 2.13. The van der Waals surface area contributed by atoms with Crippen molar-refractivity contribution in [3.8, 4) is 11.5 Å². The first kappa shape index (κ1) is 21.9. The molecule has 3 aromatic carbocycles. The molecule has 0 saturated heterocycles. The lowest BCUT2D eigenvalue weighted by molar-refractivity contribution is 0.0600. The number of benzene rings is 3. The lowest BCUT2D eigenvalue weighted by Crippen LogP contribution is -2.13. The molecule has 31 heavy (non-hydrogen) atoms. The van der Waals surface area contributed by atoms with Crippen LogP contribution in [0.25, 0.3) is 0 Å². The van der Waals surface area contributed by atoms with Gasteiger partial charge in [0, 0.05) is 16.8 Å². The van der Waals surface area contributed by atoms with Crippen molar-refractivity contribution in [2.45, 2.75) is 20.5 Å².